The van der Waals surface area contributed by atoms with Crippen molar-refractivity contribution in [3.8, 4) is 5.75 Å². The molecule has 2 unspecified atom stereocenters. The molecule has 0 amide bonds. The molecule has 1 aromatic rings. The first kappa shape index (κ1) is 14.9. The lowest BCUT2D eigenvalue weighted by Crippen LogP contribution is -2.17. The molecule has 0 radical (unpaired) electrons. The van der Waals surface area contributed by atoms with Crippen molar-refractivity contribution in [3.63, 3.8) is 0 Å². The predicted molar refractivity (Wildman–Crippen MR) is 64.6 cm³/mol. The molecule has 1 heterocycles. The molecule has 1 saturated heterocycles. The van der Waals surface area contributed by atoms with E-state index >= 15 is 0 Å². The standard InChI is InChI=1S/C12H11ClF3NO3/c13-6-2-7(9-1-5(4-17-9)11(19)20)10(18)8(3-6)12(14,15)16/h2-3,5,9,17-18H,1,4H2,(H,19,20). The highest BCUT2D eigenvalue weighted by Crippen LogP contribution is 2.43. The molecule has 0 spiro atoms. The van der Waals surface area contributed by atoms with Gasteiger partial charge in [0, 0.05) is 23.2 Å². The second-order valence-corrected chi connectivity index (χ2v) is 5.06. The summed E-state index contributed by atoms with van der Waals surface area (Å²) in [5.74, 6) is -2.64. The number of nitrogens with one attached hydrogen (secondary N) is 1. The van der Waals surface area contributed by atoms with Crippen molar-refractivity contribution in [1.82, 2.24) is 5.32 Å². The van der Waals surface area contributed by atoms with Crippen LogP contribution in [0.2, 0.25) is 5.02 Å². The molecule has 0 saturated carbocycles. The van der Waals surface area contributed by atoms with Crippen LogP contribution in [0.3, 0.4) is 0 Å². The second-order valence-electron chi connectivity index (χ2n) is 4.62. The summed E-state index contributed by atoms with van der Waals surface area (Å²) < 4.78 is 38.3. The highest BCUT2D eigenvalue weighted by molar-refractivity contribution is 6.30. The fraction of sp³-hybridized carbons (Fsp3) is 0.417. The number of benzene rings is 1. The molecule has 3 N–H and O–H groups in total. The number of hydrogen-bond acceptors (Lipinski definition) is 3. The Morgan fingerprint density at radius 3 is 2.55 bits per heavy atom. The van der Waals surface area contributed by atoms with Gasteiger partial charge in [-0.05, 0) is 18.6 Å². The van der Waals surface area contributed by atoms with Crippen LogP contribution >= 0.6 is 11.6 Å². The van der Waals surface area contributed by atoms with E-state index in [4.69, 9.17) is 16.7 Å². The van der Waals surface area contributed by atoms with Gasteiger partial charge in [0.15, 0.2) is 0 Å². The van der Waals surface area contributed by atoms with E-state index in [0.29, 0.717) is 6.07 Å². The highest BCUT2D eigenvalue weighted by atomic mass is 35.5. The van der Waals surface area contributed by atoms with Gasteiger partial charge in [-0.3, -0.25) is 4.79 Å². The maximum absolute atomic E-state index is 12.8. The first-order valence-electron chi connectivity index (χ1n) is 5.76. The van der Waals surface area contributed by atoms with Crippen LogP contribution in [0, 0.1) is 5.92 Å². The van der Waals surface area contributed by atoms with E-state index in [9.17, 15) is 23.1 Å². The number of alkyl halides is 3. The van der Waals surface area contributed by atoms with Crippen LogP contribution in [0.4, 0.5) is 13.2 Å². The zero-order valence-electron chi connectivity index (χ0n) is 10.0. The van der Waals surface area contributed by atoms with Gasteiger partial charge < -0.3 is 15.5 Å². The normalized spacial score (nSPS) is 23.0. The number of aliphatic carboxylic acids is 1. The van der Waals surface area contributed by atoms with Crippen LogP contribution in [0.1, 0.15) is 23.6 Å². The van der Waals surface area contributed by atoms with Crippen molar-refractivity contribution in [3.05, 3.63) is 28.3 Å². The monoisotopic (exact) mass is 309 g/mol. The van der Waals surface area contributed by atoms with Crippen LogP contribution < -0.4 is 5.32 Å². The maximum Gasteiger partial charge on any atom is 0.420 e. The van der Waals surface area contributed by atoms with Gasteiger partial charge in [-0.2, -0.15) is 13.2 Å². The molecule has 1 aliphatic rings. The molecule has 8 heteroatoms. The first-order valence-corrected chi connectivity index (χ1v) is 6.13. The van der Waals surface area contributed by atoms with Crippen molar-refractivity contribution >= 4 is 17.6 Å². The minimum Gasteiger partial charge on any atom is -0.507 e. The molecule has 1 aromatic carbocycles. The molecule has 2 rings (SSSR count). The molecule has 2 atom stereocenters. The van der Waals surface area contributed by atoms with Gasteiger partial charge in [0.2, 0.25) is 0 Å². The van der Waals surface area contributed by atoms with E-state index in [0.717, 1.165) is 0 Å². The van der Waals surface area contributed by atoms with Gasteiger partial charge in [0.1, 0.15) is 5.75 Å². The van der Waals surface area contributed by atoms with Crippen LogP contribution in [0.5, 0.6) is 5.75 Å². The van der Waals surface area contributed by atoms with Crippen molar-refractivity contribution in [1.29, 1.82) is 0 Å². The van der Waals surface area contributed by atoms with Gasteiger partial charge >= 0.3 is 12.1 Å². The number of carboxylic acids is 1. The summed E-state index contributed by atoms with van der Waals surface area (Å²) in [6, 6.07) is 1.19. The fourth-order valence-corrected chi connectivity index (χ4v) is 2.49. The number of rotatable bonds is 2. The van der Waals surface area contributed by atoms with E-state index in [1.165, 1.54) is 6.07 Å². The quantitative estimate of drug-likeness (QED) is 0.786. The summed E-state index contributed by atoms with van der Waals surface area (Å²) >= 11 is 5.65. The molecular weight excluding hydrogens is 299 g/mol. The van der Waals surface area contributed by atoms with E-state index in [-0.39, 0.29) is 23.6 Å². The predicted octanol–water partition coefficient (Wildman–Crippen LogP) is 2.80. The molecule has 0 aromatic heterocycles. The largest absolute Gasteiger partial charge is 0.507 e. The first-order chi connectivity index (χ1) is 9.20. The Bertz CT molecular complexity index is 547. The number of phenolic OH excluding ortho intramolecular Hbond substituents is 1. The molecule has 110 valence electrons. The van der Waals surface area contributed by atoms with E-state index < -0.39 is 35.4 Å². The Morgan fingerprint density at radius 1 is 1.40 bits per heavy atom. The number of carbonyl (C=O) groups is 1. The molecule has 0 aliphatic carbocycles. The number of hydrogen-bond donors (Lipinski definition) is 3. The molecule has 1 fully saturated rings. The summed E-state index contributed by atoms with van der Waals surface area (Å²) in [6.45, 7) is 0.132. The van der Waals surface area contributed by atoms with Gasteiger partial charge in [0.25, 0.3) is 0 Å². The highest BCUT2D eigenvalue weighted by Gasteiger charge is 2.38. The number of aromatic hydroxyl groups is 1. The minimum absolute atomic E-state index is 0.0337. The maximum atomic E-state index is 12.8. The van der Waals surface area contributed by atoms with E-state index in [2.05, 4.69) is 5.32 Å². The van der Waals surface area contributed by atoms with Crippen LogP contribution in [0.25, 0.3) is 0 Å². The van der Waals surface area contributed by atoms with Crippen molar-refractivity contribution < 1.29 is 28.2 Å². The van der Waals surface area contributed by atoms with Crippen LogP contribution in [0.15, 0.2) is 12.1 Å². The Labute approximate surface area is 117 Å². The molecule has 4 nitrogen and oxygen atoms in total. The van der Waals surface area contributed by atoms with Gasteiger partial charge in [0.05, 0.1) is 11.5 Å². The summed E-state index contributed by atoms with van der Waals surface area (Å²) in [5, 5.41) is 21.3. The number of halogens is 4. The SMILES string of the molecule is O=C(O)C1CNC(c2cc(Cl)cc(C(F)(F)F)c2O)C1. The Kier molecular flexibility index (Phi) is 3.84. The van der Waals surface area contributed by atoms with E-state index in [1.54, 1.807) is 0 Å². The lowest BCUT2D eigenvalue weighted by atomic mass is 9.97. The Balaban J connectivity index is 2.38. The third-order valence-electron chi connectivity index (χ3n) is 3.27. The third kappa shape index (κ3) is 2.83. The van der Waals surface area contributed by atoms with Crippen molar-refractivity contribution in [2.75, 3.05) is 6.54 Å². The van der Waals surface area contributed by atoms with Gasteiger partial charge in [-0.1, -0.05) is 11.6 Å². The average molecular weight is 310 g/mol. The minimum atomic E-state index is -4.73. The topological polar surface area (TPSA) is 69.6 Å². The number of phenols is 1. The third-order valence-corrected chi connectivity index (χ3v) is 3.48. The molecule has 0 bridgehead atoms. The summed E-state index contributed by atoms with van der Waals surface area (Å²) in [6.07, 6.45) is -4.63. The van der Waals surface area contributed by atoms with Gasteiger partial charge in [-0.25, -0.2) is 0 Å². The van der Waals surface area contributed by atoms with Crippen molar-refractivity contribution in [2.45, 2.75) is 18.6 Å². The number of carboxylic acid groups (broad SMARTS) is 1. The van der Waals surface area contributed by atoms with Gasteiger partial charge in [-0.15, -0.1) is 0 Å². The fourth-order valence-electron chi connectivity index (χ4n) is 2.26. The average Bonchev–Trinajstić information content (AvgIpc) is 2.79. The molecular formula is C12H11ClF3NO3. The Hall–Kier alpha value is -1.47. The summed E-state index contributed by atoms with van der Waals surface area (Å²) in [7, 11) is 0. The second kappa shape index (κ2) is 5.14. The zero-order valence-corrected chi connectivity index (χ0v) is 10.8. The lowest BCUT2D eigenvalue weighted by molar-refractivity contribution is -0.141. The van der Waals surface area contributed by atoms with E-state index in [1.807, 2.05) is 0 Å². The molecule has 1 aliphatic heterocycles. The summed E-state index contributed by atoms with van der Waals surface area (Å²) in [5.41, 5.74) is -1.26. The lowest BCUT2D eigenvalue weighted by Gasteiger charge is -2.17. The zero-order chi connectivity index (χ0) is 15.1. The summed E-state index contributed by atoms with van der Waals surface area (Å²) in [4.78, 5) is 10.8. The van der Waals surface area contributed by atoms with Crippen LogP contribution in [-0.4, -0.2) is 22.7 Å². The molecule has 20 heavy (non-hydrogen) atoms. The van der Waals surface area contributed by atoms with Crippen molar-refractivity contribution in [2.24, 2.45) is 5.92 Å². The smallest absolute Gasteiger partial charge is 0.420 e. The Morgan fingerprint density at radius 2 is 2.05 bits per heavy atom. The van der Waals surface area contributed by atoms with Crippen LogP contribution in [-0.2, 0) is 11.0 Å².